The Morgan fingerprint density at radius 2 is 2.29 bits per heavy atom. The second-order valence-corrected chi connectivity index (χ2v) is 5.94. The van der Waals surface area contributed by atoms with E-state index in [4.69, 9.17) is 21.1 Å². The second-order valence-electron chi connectivity index (χ2n) is 5.54. The second kappa shape index (κ2) is 8.86. The minimum absolute atomic E-state index is 0.00954. The highest BCUT2D eigenvalue weighted by Gasteiger charge is 2.24. The summed E-state index contributed by atoms with van der Waals surface area (Å²) in [6.45, 7) is 1.11. The summed E-state index contributed by atoms with van der Waals surface area (Å²) in [5.41, 5.74) is 0.481. The van der Waals surface area contributed by atoms with Crippen LogP contribution in [-0.2, 0) is 14.3 Å². The molecule has 0 radical (unpaired) electrons. The number of anilines is 1. The number of rotatable bonds is 8. The number of carboxylic acid groups (broad SMARTS) is 1. The van der Waals surface area contributed by atoms with Crippen molar-refractivity contribution in [1.29, 1.82) is 0 Å². The fourth-order valence-electron chi connectivity index (χ4n) is 2.47. The van der Waals surface area contributed by atoms with E-state index in [1.165, 1.54) is 7.11 Å². The third-order valence-electron chi connectivity index (χ3n) is 3.74. The summed E-state index contributed by atoms with van der Waals surface area (Å²) in [4.78, 5) is 23.4. The zero-order valence-corrected chi connectivity index (χ0v) is 14.1. The SMILES string of the molecule is COc1ccc(NC(=O)C[C@H](NC[C@H]2CCCO2)C(=O)O)cc1Cl. The van der Waals surface area contributed by atoms with Crippen LogP contribution < -0.4 is 15.4 Å². The Morgan fingerprint density at radius 1 is 1.50 bits per heavy atom. The molecule has 2 rings (SSSR count). The van der Waals surface area contributed by atoms with E-state index in [2.05, 4.69) is 10.6 Å². The van der Waals surface area contributed by atoms with Gasteiger partial charge in [-0.1, -0.05) is 11.6 Å². The van der Waals surface area contributed by atoms with E-state index < -0.39 is 17.9 Å². The lowest BCUT2D eigenvalue weighted by molar-refractivity contribution is -0.141. The third-order valence-corrected chi connectivity index (χ3v) is 4.03. The van der Waals surface area contributed by atoms with Gasteiger partial charge in [0, 0.05) is 18.8 Å². The van der Waals surface area contributed by atoms with Crippen LogP contribution in [0.25, 0.3) is 0 Å². The molecule has 0 spiro atoms. The van der Waals surface area contributed by atoms with E-state index in [1.54, 1.807) is 18.2 Å². The van der Waals surface area contributed by atoms with Gasteiger partial charge in [-0.05, 0) is 31.0 Å². The van der Waals surface area contributed by atoms with Crippen LogP contribution in [0, 0.1) is 0 Å². The van der Waals surface area contributed by atoms with Gasteiger partial charge >= 0.3 is 5.97 Å². The van der Waals surface area contributed by atoms with Gasteiger partial charge < -0.3 is 25.2 Å². The number of carbonyl (C=O) groups is 2. The van der Waals surface area contributed by atoms with Crippen LogP contribution in [-0.4, -0.2) is 49.4 Å². The molecule has 1 saturated heterocycles. The van der Waals surface area contributed by atoms with Crippen LogP contribution in [0.1, 0.15) is 19.3 Å². The van der Waals surface area contributed by atoms with Gasteiger partial charge in [0.1, 0.15) is 11.8 Å². The van der Waals surface area contributed by atoms with E-state index >= 15 is 0 Å². The number of hydrogen-bond acceptors (Lipinski definition) is 5. The normalized spacial score (nSPS) is 18.2. The average Bonchev–Trinajstić information content (AvgIpc) is 3.04. The Kier molecular flexibility index (Phi) is 6.84. The first-order chi connectivity index (χ1) is 11.5. The molecule has 1 aromatic carbocycles. The zero-order valence-electron chi connectivity index (χ0n) is 13.4. The highest BCUT2D eigenvalue weighted by Crippen LogP contribution is 2.27. The lowest BCUT2D eigenvalue weighted by Crippen LogP contribution is -2.43. The Labute approximate surface area is 145 Å². The van der Waals surface area contributed by atoms with Gasteiger partial charge in [0.05, 0.1) is 24.7 Å². The largest absolute Gasteiger partial charge is 0.495 e. The van der Waals surface area contributed by atoms with E-state index in [9.17, 15) is 14.7 Å². The number of aliphatic carboxylic acids is 1. The van der Waals surface area contributed by atoms with Gasteiger partial charge in [-0.3, -0.25) is 9.59 Å². The van der Waals surface area contributed by atoms with E-state index in [1.807, 2.05) is 0 Å². The summed E-state index contributed by atoms with van der Waals surface area (Å²) in [6, 6.07) is 3.84. The molecule has 3 N–H and O–H groups in total. The van der Waals surface area contributed by atoms with Crippen molar-refractivity contribution in [2.75, 3.05) is 25.6 Å². The summed E-state index contributed by atoms with van der Waals surface area (Å²) in [5, 5.41) is 15.1. The van der Waals surface area contributed by atoms with Gasteiger partial charge in [-0.15, -0.1) is 0 Å². The maximum atomic E-state index is 12.1. The third kappa shape index (κ3) is 5.36. The molecule has 1 fully saturated rings. The molecule has 2 atom stereocenters. The van der Waals surface area contributed by atoms with Crippen molar-refractivity contribution in [2.45, 2.75) is 31.4 Å². The van der Waals surface area contributed by atoms with Gasteiger partial charge in [0.15, 0.2) is 0 Å². The quantitative estimate of drug-likeness (QED) is 0.658. The van der Waals surface area contributed by atoms with Crippen molar-refractivity contribution >= 4 is 29.2 Å². The predicted octanol–water partition coefficient (Wildman–Crippen LogP) is 1.90. The summed E-state index contributed by atoms with van der Waals surface area (Å²) in [6.07, 6.45) is 1.69. The molecule has 7 nitrogen and oxygen atoms in total. The van der Waals surface area contributed by atoms with Crippen LogP contribution in [0.4, 0.5) is 5.69 Å². The lowest BCUT2D eigenvalue weighted by atomic mass is 10.1. The van der Waals surface area contributed by atoms with Gasteiger partial charge in [-0.25, -0.2) is 0 Å². The lowest BCUT2D eigenvalue weighted by Gasteiger charge is -2.17. The summed E-state index contributed by atoms with van der Waals surface area (Å²) in [7, 11) is 1.50. The van der Waals surface area contributed by atoms with Crippen molar-refractivity contribution in [3.05, 3.63) is 23.2 Å². The Balaban J connectivity index is 1.87. The number of carbonyl (C=O) groups excluding carboxylic acids is 1. The highest BCUT2D eigenvalue weighted by molar-refractivity contribution is 6.32. The smallest absolute Gasteiger partial charge is 0.321 e. The van der Waals surface area contributed by atoms with Crippen LogP contribution in [0.3, 0.4) is 0 Å². The number of nitrogens with one attached hydrogen (secondary N) is 2. The van der Waals surface area contributed by atoms with Crippen molar-refractivity contribution in [3.8, 4) is 5.75 Å². The molecule has 0 aromatic heterocycles. The molecular formula is C16H21ClN2O5. The summed E-state index contributed by atoms with van der Waals surface area (Å²) < 4.78 is 10.5. The van der Waals surface area contributed by atoms with Crippen molar-refractivity contribution < 1.29 is 24.2 Å². The average molecular weight is 357 g/mol. The van der Waals surface area contributed by atoms with Crippen molar-refractivity contribution in [1.82, 2.24) is 5.32 Å². The molecule has 8 heteroatoms. The molecule has 1 amide bonds. The van der Waals surface area contributed by atoms with Crippen molar-refractivity contribution in [2.24, 2.45) is 0 Å². The number of methoxy groups -OCH3 is 1. The zero-order chi connectivity index (χ0) is 17.5. The van der Waals surface area contributed by atoms with Crippen LogP contribution in [0.15, 0.2) is 18.2 Å². The molecule has 1 aliphatic heterocycles. The number of benzene rings is 1. The topological polar surface area (TPSA) is 96.9 Å². The molecule has 1 aliphatic rings. The molecule has 0 bridgehead atoms. The van der Waals surface area contributed by atoms with E-state index in [0.29, 0.717) is 29.6 Å². The van der Waals surface area contributed by atoms with Crippen LogP contribution in [0.2, 0.25) is 5.02 Å². The number of amides is 1. The number of hydrogen-bond donors (Lipinski definition) is 3. The van der Waals surface area contributed by atoms with E-state index in [-0.39, 0.29) is 12.5 Å². The molecular weight excluding hydrogens is 336 g/mol. The maximum Gasteiger partial charge on any atom is 0.321 e. The van der Waals surface area contributed by atoms with Crippen molar-refractivity contribution in [3.63, 3.8) is 0 Å². The van der Waals surface area contributed by atoms with Gasteiger partial charge in [0.2, 0.25) is 5.91 Å². The first kappa shape index (κ1) is 18.5. The maximum absolute atomic E-state index is 12.1. The van der Waals surface area contributed by atoms with Crippen LogP contribution in [0.5, 0.6) is 5.75 Å². The minimum Gasteiger partial charge on any atom is -0.495 e. The van der Waals surface area contributed by atoms with E-state index in [0.717, 1.165) is 12.8 Å². The molecule has 0 unspecified atom stereocenters. The number of carboxylic acids is 1. The molecule has 24 heavy (non-hydrogen) atoms. The summed E-state index contributed by atoms with van der Waals surface area (Å²) >= 11 is 5.99. The van der Waals surface area contributed by atoms with Crippen LogP contribution >= 0.6 is 11.6 Å². The molecule has 0 saturated carbocycles. The predicted molar refractivity (Wildman–Crippen MR) is 89.7 cm³/mol. The fraction of sp³-hybridized carbons (Fsp3) is 0.500. The molecule has 1 heterocycles. The fourth-order valence-corrected chi connectivity index (χ4v) is 2.73. The first-order valence-electron chi connectivity index (χ1n) is 7.70. The standard InChI is InChI=1S/C16H21ClN2O5/c1-23-14-5-4-10(7-12(14)17)19-15(20)8-13(16(21)22)18-9-11-3-2-6-24-11/h4-5,7,11,13,18H,2-3,6,8-9H2,1H3,(H,19,20)(H,21,22)/t11-,13+/m1/s1. The number of ether oxygens (including phenoxy) is 2. The molecule has 132 valence electrons. The summed E-state index contributed by atoms with van der Waals surface area (Å²) in [5.74, 6) is -0.990. The Hall–Kier alpha value is -1.83. The number of halogens is 1. The van der Waals surface area contributed by atoms with Gasteiger partial charge in [-0.2, -0.15) is 0 Å². The first-order valence-corrected chi connectivity index (χ1v) is 8.08. The highest BCUT2D eigenvalue weighted by atomic mass is 35.5. The molecule has 1 aromatic rings. The Morgan fingerprint density at radius 3 is 2.88 bits per heavy atom. The monoisotopic (exact) mass is 356 g/mol. The molecule has 0 aliphatic carbocycles. The minimum atomic E-state index is -1.07. The van der Waals surface area contributed by atoms with Gasteiger partial charge in [0.25, 0.3) is 0 Å². The Bertz CT molecular complexity index is 590.